The van der Waals surface area contributed by atoms with E-state index in [0.717, 1.165) is 29.8 Å². The van der Waals surface area contributed by atoms with E-state index >= 15 is 0 Å². The smallest absolute Gasteiger partial charge is 0.233 e. The van der Waals surface area contributed by atoms with Crippen molar-refractivity contribution in [1.29, 1.82) is 0 Å². The number of hydrogen-bond acceptors (Lipinski definition) is 4. The molecule has 1 aromatic rings. The molecule has 0 bridgehead atoms. The van der Waals surface area contributed by atoms with Gasteiger partial charge in [0.15, 0.2) is 0 Å². The van der Waals surface area contributed by atoms with Gasteiger partial charge in [-0.2, -0.15) is 0 Å². The zero-order chi connectivity index (χ0) is 12.7. The fourth-order valence-electron chi connectivity index (χ4n) is 1.43. The molecule has 0 spiro atoms. The van der Waals surface area contributed by atoms with Gasteiger partial charge < -0.3 is 5.73 Å². The number of nitrogens with one attached hydrogen (secondary N) is 1. The fraction of sp³-hybridized carbons (Fsp3) is 0.417. The Hall–Kier alpha value is -1.20. The van der Waals surface area contributed by atoms with E-state index in [2.05, 4.69) is 11.5 Å². The molecule has 0 radical (unpaired) electrons. The van der Waals surface area contributed by atoms with Gasteiger partial charge in [-0.05, 0) is 43.2 Å². The van der Waals surface area contributed by atoms with Crippen LogP contribution in [-0.4, -0.2) is 11.7 Å². The largest absolute Gasteiger partial charge is 0.398 e. The summed E-state index contributed by atoms with van der Waals surface area (Å²) in [5.41, 5.74) is 9.92. The highest BCUT2D eigenvalue weighted by atomic mass is 32.2. The lowest BCUT2D eigenvalue weighted by Gasteiger charge is -2.07. The second-order valence-corrected chi connectivity index (χ2v) is 4.98. The first kappa shape index (κ1) is 13.9. The maximum Gasteiger partial charge on any atom is 0.233 e. The molecule has 0 aliphatic carbocycles. The Bertz CT molecular complexity index is 382. The van der Waals surface area contributed by atoms with E-state index in [0.29, 0.717) is 6.42 Å². The number of anilines is 1. The van der Waals surface area contributed by atoms with Crippen LogP contribution in [0.25, 0.3) is 0 Å². The van der Waals surface area contributed by atoms with E-state index in [-0.39, 0.29) is 5.91 Å². The number of unbranched alkanes of at least 4 members (excludes halogenated alkanes) is 1. The van der Waals surface area contributed by atoms with E-state index in [1.54, 1.807) is 11.8 Å². The number of carbonyl (C=O) groups is 1. The predicted molar refractivity (Wildman–Crippen MR) is 72.5 cm³/mol. The van der Waals surface area contributed by atoms with Gasteiger partial charge in [0.25, 0.3) is 0 Å². The maximum atomic E-state index is 10.9. The van der Waals surface area contributed by atoms with E-state index < -0.39 is 0 Å². The second kappa shape index (κ2) is 7.19. The third kappa shape index (κ3) is 4.66. The van der Waals surface area contributed by atoms with E-state index in [1.807, 2.05) is 19.1 Å². The first-order valence-electron chi connectivity index (χ1n) is 5.62. The average Bonchev–Trinajstić information content (AvgIpc) is 2.33. The van der Waals surface area contributed by atoms with Gasteiger partial charge in [-0.15, -0.1) is 11.8 Å². The number of carbonyl (C=O) groups excluding carboxylic acids is 1. The van der Waals surface area contributed by atoms with Crippen molar-refractivity contribution in [3.63, 3.8) is 0 Å². The Kier molecular flexibility index (Phi) is 5.86. The first-order valence-corrected chi connectivity index (χ1v) is 6.61. The quantitative estimate of drug-likeness (QED) is 0.180. The highest BCUT2D eigenvalue weighted by Gasteiger charge is 2.02. The number of hydrazine groups is 1. The summed E-state index contributed by atoms with van der Waals surface area (Å²) in [4.78, 5) is 12.1. The van der Waals surface area contributed by atoms with Crippen molar-refractivity contribution in [2.24, 2.45) is 5.84 Å². The molecule has 0 fully saturated rings. The van der Waals surface area contributed by atoms with Crippen molar-refractivity contribution in [3.05, 3.63) is 23.8 Å². The molecule has 5 heteroatoms. The monoisotopic (exact) mass is 253 g/mol. The number of nitrogens with two attached hydrogens (primary N) is 2. The molecule has 1 rings (SSSR count). The summed E-state index contributed by atoms with van der Waals surface area (Å²) in [5, 5.41) is 0. The molecule has 5 N–H and O–H groups in total. The Labute approximate surface area is 106 Å². The molecule has 0 saturated heterocycles. The molecule has 4 nitrogen and oxygen atoms in total. The van der Waals surface area contributed by atoms with E-state index in [1.165, 1.54) is 4.90 Å². The number of thioether (sulfide) groups is 1. The number of hydrogen-bond donors (Lipinski definition) is 3. The van der Waals surface area contributed by atoms with E-state index in [4.69, 9.17) is 11.6 Å². The number of benzene rings is 1. The Balaban J connectivity index is 2.27. The average molecular weight is 253 g/mol. The van der Waals surface area contributed by atoms with Gasteiger partial charge in [-0.1, -0.05) is 6.07 Å². The lowest BCUT2D eigenvalue weighted by Crippen LogP contribution is -2.29. The SMILES string of the molecule is Cc1c(N)cccc1SCCCCC(=O)NN. The molecule has 0 aliphatic heterocycles. The lowest BCUT2D eigenvalue weighted by molar-refractivity contribution is -0.121. The zero-order valence-corrected chi connectivity index (χ0v) is 10.8. The van der Waals surface area contributed by atoms with Crippen LogP contribution >= 0.6 is 11.8 Å². The van der Waals surface area contributed by atoms with Gasteiger partial charge >= 0.3 is 0 Å². The molecule has 0 aromatic heterocycles. The minimum Gasteiger partial charge on any atom is -0.398 e. The summed E-state index contributed by atoms with van der Waals surface area (Å²) in [6, 6.07) is 5.94. The Morgan fingerprint density at radius 3 is 2.88 bits per heavy atom. The predicted octanol–water partition coefficient (Wildman–Crippen LogP) is 1.83. The third-order valence-electron chi connectivity index (χ3n) is 2.54. The molecule has 94 valence electrons. The van der Waals surface area contributed by atoms with Crippen molar-refractivity contribution >= 4 is 23.4 Å². The van der Waals surface area contributed by atoms with Crippen molar-refractivity contribution in [3.8, 4) is 0 Å². The van der Waals surface area contributed by atoms with Crippen LogP contribution in [0.4, 0.5) is 5.69 Å². The molecular weight excluding hydrogens is 234 g/mol. The Morgan fingerprint density at radius 2 is 2.18 bits per heavy atom. The van der Waals surface area contributed by atoms with Crippen LogP contribution in [-0.2, 0) is 4.79 Å². The summed E-state index contributed by atoms with van der Waals surface area (Å²) in [7, 11) is 0. The minimum atomic E-state index is -0.102. The van der Waals surface area contributed by atoms with Crippen LogP contribution in [0.2, 0.25) is 0 Å². The van der Waals surface area contributed by atoms with Crippen molar-refractivity contribution < 1.29 is 4.79 Å². The number of nitrogen functional groups attached to an aromatic ring is 1. The molecule has 1 amide bonds. The summed E-state index contributed by atoms with van der Waals surface area (Å²) < 4.78 is 0. The molecule has 0 heterocycles. The third-order valence-corrected chi connectivity index (χ3v) is 3.79. The van der Waals surface area contributed by atoms with Crippen molar-refractivity contribution in [2.45, 2.75) is 31.1 Å². The highest BCUT2D eigenvalue weighted by Crippen LogP contribution is 2.26. The first-order chi connectivity index (χ1) is 8.15. The van der Waals surface area contributed by atoms with Gasteiger partial charge in [-0.25, -0.2) is 5.84 Å². The van der Waals surface area contributed by atoms with Crippen LogP contribution in [0, 0.1) is 6.92 Å². The number of amides is 1. The van der Waals surface area contributed by atoms with Crippen molar-refractivity contribution in [2.75, 3.05) is 11.5 Å². The van der Waals surface area contributed by atoms with Gasteiger partial charge in [0.1, 0.15) is 0 Å². The number of rotatable bonds is 6. The second-order valence-electron chi connectivity index (χ2n) is 3.84. The molecule has 0 saturated carbocycles. The van der Waals surface area contributed by atoms with Crippen LogP contribution < -0.4 is 17.0 Å². The highest BCUT2D eigenvalue weighted by molar-refractivity contribution is 7.99. The molecule has 0 unspecified atom stereocenters. The molecule has 1 aromatic carbocycles. The fourth-order valence-corrected chi connectivity index (χ4v) is 2.51. The van der Waals surface area contributed by atoms with Crippen LogP contribution in [0.15, 0.2) is 23.1 Å². The van der Waals surface area contributed by atoms with Gasteiger partial charge in [0, 0.05) is 17.0 Å². The van der Waals surface area contributed by atoms with Gasteiger partial charge in [-0.3, -0.25) is 10.2 Å². The minimum absolute atomic E-state index is 0.102. The molecule has 17 heavy (non-hydrogen) atoms. The van der Waals surface area contributed by atoms with Gasteiger partial charge in [0.2, 0.25) is 5.91 Å². The topological polar surface area (TPSA) is 81.1 Å². The molecule has 0 aliphatic rings. The molecular formula is C12H19N3OS. The van der Waals surface area contributed by atoms with Gasteiger partial charge in [0.05, 0.1) is 0 Å². The summed E-state index contributed by atoms with van der Waals surface area (Å²) in [6.07, 6.45) is 2.34. The lowest BCUT2D eigenvalue weighted by atomic mass is 10.2. The standard InChI is InChI=1S/C12H19N3OS/c1-9-10(13)5-4-6-11(9)17-8-3-2-7-12(16)15-14/h4-6H,2-3,7-8,13-14H2,1H3,(H,15,16). The normalized spacial score (nSPS) is 10.2. The summed E-state index contributed by atoms with van der Waals surface area (Å²) in [6.45, 7) is 2.03. The van der Waals surface area contributed by atoms with Crippen LogP contribution in [0.3, 0.4) is 0 Å². The van der Waals surface area contributed by atoms with Crippen molar-refractivity contribution in [1.82, 2.24) is 5.43 Å². The van der Waals surface area contributed by atoms with Crippen LogP contribution in [0.5, 0.6) is 0 Å². The summed E-state index contributed by atoms with van der Waals surface area (Å²) in [5.74, 6) is 5.88. The van der Waals surface area contributed by atoms with Crippen LogP contribution in [0.1, 0.15) is 24.8 Å². The molecule has 0 atom stereocenters. The summed E-state index contributed by atoms with van der Waals surface area (Å²) >= 11 is 1.78. The zero-order valence-electron chi connectivity index (χ0n) is 10.0. The Morgan fingerprint density at radius 1 is 1.41 bits per heavy atom. The van der Waals surface area contributed by atoms with E-state index in [9.17, 15) is 4.79 Å². The maximum absolute atomic E-state index is 10.9.